The molecule has 0 bridgehead atoms. The van der Waals surface area contributed by atoms with Crippen LogP contribution in [-0.4, -0.2) is 16.0 Å². The molecule has 0 amide bonds. The third-order valence-corrected chi connectivity index (χ3v) is 3.97. The van der Waals surface area contributed by atoms with Gasteiger partial charge in [-0.3, -0.25) is 0 Å². The van der Waals surface area contributed by atoms with E-state index in [0.717, 1.165) is 33.5 Å². The van der Waals surface area contributed by atoms with Crippen molar-refractivity contribution >= 4 is 29.1 Å². The quantitative estimate of drug-likeness (QED) is 0.558. The third-order valence-electron chi connectivity index (χ3n) is 3.72. The number of rotatable bonds is 7. The van der Waals surface area contributed by atoms with E-state index in [2.05, 4.69) is 34.4 Å². The Balaban J connectivity index is 1.62. The Morgan fingerprint density at radius 1 is 1.00 bits per heavy atom. The highest BCUT2D eigenvalue weighted by molar-refractivity contribution is 6.30. The molecule has 0 radical (unpaired) electrons. The van der Waals surface area contributed by atoms with Crippen molar-refractivity contribution in [3.63, 3.8) is 0 Å². The molecule has 140 valence electrons. The summed E-state index contributed by atoms with van der Waals surface area (Å²) in [4.78, 5) is 8.90. The lowest BCUT2D eigenvalue weighted by Crippen LogP contribution is -2.13. The van der Waals surface area contributed by atoms with Crippen molar-refractivity contribution < 1.29 is 4.74 Å². The number of aryl methyl sites for hydroxylation is 1. The standard InChI is InChI=1S/C21H23ClN4O/c1-14(2)23-21-24-15(3)12-20(26-21)25-18-8-10-19(11-9-18)27-13-16-4-6-17(22)7-5-16/h4-12,14H,13H2,1-3H3,(H2,23,24,25,26). The van der Waals surface area contributed by atoms with Gasteiger partial charge in [-0.1, -0.05) is 23.7 Å². The van der Waals surface area contributed by atoms with Gasteiger partial charge in [-0.15, -0.1) is 0 Å². The fourth-order valence-corrected chi connectivity index (χ4v) is 2.61. The molecule has 2 N–H and O–H groups in total. The number of halogens is 1. The lowest BCUT2D eigenvalue weighted by Gasteiger charge is -2.12. The predicted molar refractivity (Wildman–Crippen MR) is 111 cm³/mol. The Morgan fingerprint density at radius 2 is 1.70 bits per heavy atom. The fraction of sp³-hybridized carbons (Fsp3) is 0.238. The highest BCUT2D eigenvalue weighted by Gasteiger charge is 2.04. The predicted octanol–water partition coefficient (Wildman–Crippen LogP) is 5.58. The summed E-state index contributed by atoms with van der Waals surface area (Å²) in [6.45, 7) is 6.56. The van der Waals surface area contributed by atoms with Crippen molar-refractivity contribution in [3.8, 4) is 5.75 Å². The van der Waals surface area contributed by atoms with E-state index in [-0.39, 0.29) is 6.04 Å². The molecule has 0 fully saturated rings. The van der Waals surface area contributed by atoms with E-state index in [0.29, 0.717) is 12.6 Å². The zero-order valence-electron chi connectivity index (χ0n) is 15.7. The second-order valence-electron chi connectivity index (χ2n) is 6.58. The van der Waals surface area contributed by atoms with E-state index in [1.165, 1.54) is 0 Å². The van der Waals surface area contributed by atoms with Crippen LogP contribution < -0.4 is 15.4 Å². The molecule has 0 aliphatic carbocycles. The normalized spacial score (nSPS) is 10.7. The van der Waals surface area contributed by atoms with Crippen LogP contribution in [0.1, 0.15) is 25.1 Å². The van der Waals surface area contributed by atoms with E-state index in [1.807, 2.05) is 61.5 Å². The lowest BCUT2D eigenvalue weighted by molar-refractivity contribution is 0.306. The van der Waals surface area contributed by atoms with Crippen molar-refractivity contribution in [2.45, 2.75) is 33.4 Å². The molecule has 1 aromatic heterocycles. The number of hydrogen-bond donors (Lipinski definition) is 2. The van der Waals surface area contributed by atoms with E-state index in [9.17, 15) is 0 Å². The molecule has 0 unspecified atom stereocenters. The maximum Gasteiger partial charge on any atom is 0.225 e. The summed E-state index contributed by atoms with van der Waals surface area (Å²) >= 11 is 5.90. The first-order chi connectivity index (χ1) is 13.0. The molecule has 5 nitrogen and oxygen atoms in total. The molecule has 3 aromatic rings. The second kappa shape index (κ2) is 8.73. The number of ether oxygens (including phenoxy) is 1. The molecule has 3 rings (SSSR count). The van der Waals surface area contributed by atoms with Gasteiger partial charge in [0.05, 0.1) is 0 Å². The lowest BCUT2D eigenvalue weighted by atomic mass is 10.2. The molecular formula is C21H23ClN4O. The summed E-state index contributed by atoms with van der Waals surface area (Å²) in [5.74, 6) is 2.17. The van der Waals surface area contributed by atoms with Gasteiger partial charge in [0.15, 0.2) is 0 Å². The summed E-state index contributed by atoms with van der Waals surface area (Å²) in [6, 6.07) is 17.6. The maximum absolute atomic E-state index is 5.90. The molecule has 0 saturated carbocycles. The van der Waals surface area contributed by atoms with Crippen LogP contribution in [0.2, 0.25) is 5.02 Å². The number of anilines is 3. The molecule has 1 heterocycles. The SMILES string of the molecule is Cc1cc(Nc2ccc(OCc3ccc(Cl)cc3)cc2)nc(NC(C)C)n1. The Morgan fingerprint density at radius 3 is 2.37 bits per heavy atom. The van der Waals surface area contributed by atoms with E-state index >= 15 is 0 Å². The number of hydrogen-bond acceptors (Lipinski definition) is 5. The van der Waals surface area contributed by atoms with Gasteiger partial charge in [-0.05, 0) is 62.7 Å². The van der Waals surface area contributed by atoms with Crippen LogP contribution in [0.4, 0.5) is 17.5 Å². The summed E-state index contributed by atoms with van der Waals surface area (Å²) < 4.78 is 5.81. The zero-order valence-corrected chi connectivity index (χ0v) is 16.4. The van der Waals surface area contributed by atoms with Crippen molar-refractivity contribution in [1.82, 2.24) is 9.97 Å². The minimum atomic E-state index is 0.275. The molecule has 0 aliphatic rings. The number of aromatic nitrogens is 2. The summed E-state index contributed by atoms with van der Waals surface area (Å²) in [5.41, 5.74) is 2.91. The average molecular weight is 383 g/mol. The number of nitrogens with one attached hydrogen (secondary N) is 2. The molecule has 2 aromatic carbocycles. The Bertz CT molecular complexity index is 880. The van der Waals surface area contributed by atoms with Crippen molar-refractivity contribution in [3.05, 3.63) is 70.9 Å². The second-order valence-corrected chi connectivity index (χ2v) is 7.02. The van der Waals surface area contributed by atoms with Crippen molar-refractivity contribution in [2.24, 2.45) is 0 Å². The Labute approximate surface area is 164 Å². The van der Waals surface area contributed by atoms with Gasteiger partial charge >= 0.3 is 0 Å². The summed E-state index contributed by atoms with van der Waals surface area (Å²) in [6.07, 6.45) is 0. The minimum absolute atomic E-state index is 0.275. The van der Waals surface area contributed by atoms with Crippen LogP contribution in [0.15, 0.2) is 54.6 Å². The zero-order chi connectivity index (χ0) is 19.2. The Kier molecular flexibility index (Phi) is 6.14. The molecule has 0 aliphatic heterocycles. The van der Waals surface area contributed by atoms with Gasteiger partial charge in [0.25, 0.3) is 0 Å². The Hall–Kier alpha value is -2.79. The highest BCUT2D eigenvalue weighted by Crippen LogP contribution is 2.21. The summed E-state index contributed by atoms with van der Waals surface area (Å²) in [5, 5.41) is 7.25. The van der Waals surface area contributed by atoms with Gasteiger partial charge in [-0.2, -0.15) is 4.98 Å². The van der Waals surface area contributed by atoms with E-state index in [1.54, 1.807) is 0 Å². The maximum atomic E-state index is 5.90. The minimum Gasteiger partial charge on any atom is -0.489 e. The monoisotopic (exact) mass is 382 g/mol. The van der Waals surface area contributed by atoms with Crippen LogP contribution in [0.25, 0.3) is 0 Å². The van der Waals surface area contributed by atoms with Gasteiger partial charge in [0.2, 0.25) is 5.95 Å². The average Bonchev–Trinajstić information content (AvgIpc) is 2.61. The topological polar surface area (TPSA) is 59.1 Å². The van der Waals surface area contributed by atoms with Gasteiger partial charge < -0.3 is 15.4 Å². The first kappa shape index (κ1) is 19.0. The largest absolute Gasteiger partial charge is 0.489 e. The highest BCUT2D eigenvalue weighted by atomic mass is 35.5. The molecular weight excluding hydrogens is 360 g/mol. The third kappa shape index (κ3) is 5.86. The molecule has 6 heteroatoms. The smallest absolute Gasteiger partial charge is 0.225 e. The van der Waals surface area contributed by atoms with E-state index < -0.39 is 0 Å². The molecule has 0 spiro atoms. The van der Waals surface area contributed by atoms with Crippen molar-refractivity contribution in [2.75, 3.05) is 10.6 Å². The van der Waals surface area contributed by atoms with E-state index in [4.69, 9.17) is 16.3 Å². The fourth-order valence-electron chi connectivity index (χ4n) is 2.49. The number of nitrogens with zero attached hydrogens (tertiary/aromatic N) is 2. The van der Waals surface area contributed by atoms with Crippen LogP contribution in [0.5, 0.6) is 5.75 Å². The number of benzene rings is 2. The van der Waals surface area contributed by atoms with Gasteiger partial charge in [0, 0.05) is 28.5 Å². The van der Waals surface area contributed by atoms with Crippen molar-refractivity contribution in [1.29, 1.82) is 0 Å². The van der Waals surface area contributed by atoms with Crippen LogP contribution >= 0.6 is 11.6 Å². The summed E-state index contributed by atoms with van der Waals surface area (Å²) in [7, 11) is 0. The van der Waals surface area contributed by atoms with Crippen LogP contribution in [-0.2, 0) is 6.61 Å². The first-order valence-corrected chi connectivity index (χ1v) is 9.22. The molecule has 0 atom stereocenters. The molecule has 0 saturated heterocycles. The van der Waals surface area contributed by atoms with Gasteiger partial charge in [-0.25, -0.2) is 4.98 Å². The molecule has 27 heavy (non-hydrogen) atoms. The van der Waals surface area contributed by atoms with Crippen LogP contribution in [0.3, 0.4) is 0 Å². The van der Waals surface area contributed by atoms with Gasteiger partial charge in [0.1, 0.15) is 18.2 Å². The first-order valence-electron chi connectivity index (χ1n) is 8.84. The van der Waals surface area contributed by atoms with Crippen LogP contribution in [0, 0.1) is 6.92 Å².